The van der Waals surface area contributed by atoms with Gasteiger partial charge in [-0.05, 0) is 40.4 Å². The number of hydrogen-bond acceptors (Lipinski definition) is 3. The van der Waals surface area contributed by atoms with Crippen molar-refractivity contribution in [3.63, 3.8) is 0 Å². The fourth-order valence-corrected chi connectivity index (χ4v) is 1.77. The van der Waals surface area contributed by atoms with E-state index >= 15 is 0 Å². The molecule has 3 nitrogen and oxygen atoms in total. The van der Waals surface area contributed by atoms with Crippen LogP contribution >= 0.6 is 0 Å². The van der Waals surface area contributed by atoms with E-state index in [1.54, 1.807) is 0 Å². The fraction of sp³-hybridized carbons (Fsp3) is 0.917. The highest BCUT2D eigenvalue weighted by Crippen LogP contribution is 2.38. The van der Waals surface area contributed by atoms with Gasteiger partial charge in [0.2, 0.25) is 0 Å². The van der Waals surface area contributed by atoms with Gasteiger partial charge in [-0.2, -0.15) is 5.26 Å². The first-order chi connectivity index (χ1) is 7.39. The second kappa shape index (κ2) is 5.20. The zero-order valence-electron chi connectivity index (χ0n) is 10.9. The molecule has 0 aliphatic carbocycles. The van der Waals surface area contributed by atoms with Crippen molar-refractivity contribution in [1.29, 1.82) is 5.26 Å². The predicted octanol–water partition coefficient (Wildman–Crippen LogP) is 3.16. The molecule has 1 saturated heterocycles. The minimum Gasteiger partial charge on any atom is -0.403 e. The van der Waals surface area contributed by atoms with Crippen LogP contribution < -0.4 is 0 Å². The van der Waals surface area contributed by atoms with Gasteiger partial charge in [0.1, 0.15) is 0 Å². The Morgan fingerprint density at radius 2 is 1.56 bits per heavy atom. The normalized spacial score (nSPS) is 22.1. The smallest absolute Gasteiger partial charge is 0.403 e. The number of rotatable bonds is 5. The lowest BCUT2D eigenvalue weighted by atomic mass is 9.82. The lowest BCUT2D eigenvalue weighted by Crippen LogP contribution is -2.41. The van der Waals surface area contributed by atoms with E-state index in [1.165, 1.54) is 0 Å². The molecule has 1 aliphatic heterocycles. The van der Waals surface area contributed by atoms with Gasteiger partial charge in [0.15, 0.2) is 0 Å². The molecule has 1 rings (SSSR count). The Bertz CT molecular complexity index is 255. The topological polar surface area (TPSA) is 42.2 Å². The molecular formula is C12H22BNO2. The molecule has 0 radical (unpaired) electrons. The van der Waals surface area contributed by atoms with E-state index in [0.717, 1.165) is 25.6 Å². The molecule has 0 unspecified atom stereocenters. The van der Waals surface area contributed by atoms with Gasteiger partial charge in [-0.3, -0.25) is 0 Å². The van der Waals surface area contributed by atoms with E-state index < -0.39 is 0 Å². The van der Waals surface area contributed by atoms with Crippen LogP contribution in [0.2, 0.25) is 6.32 Å². The van der Waals surface area contributed by atoms with Crippen LogP contribution in [0.3, 0.4) is 0 Å². The van der Waals surface area contributed by atoms with Gasteiger partial charge in [0.05, 0.1) is 17.3 Å². The Morgan fingerprint density at radius 1 is 1.00 bits per heavy atom. The van der Waals surface area contributed by atoms with Gasteiger partial charge in [0.25, 0.3) is 0 Å². The summed E-state index contributed by atoms with van der Waals surface area (Å²) in [4.78, 5) is 0. The van der Waals surface area contributed by atoms with Gasteiger partial charge >= 0.3 is 7.12 Å². The average Bonchev–Trinajstić information content (AvgIpc) is 2.35. The van der Waals surface area contributed by atoms with E-state index in [4.69, 9.17) is 14.6 Å². The molecule has 16 heavy (non-hydrogen) atoms. The lowest BCUT2D eigenvalue weighted by Gasteiger charge is -2.32. The van der Waals surface area contributed by atoms with E-state index in [0.29, 0.717) is 6.42 Å². The SMILES string of the molecule is CC1(C)OB(CCCCCC#N)OC1(C)C. The molecule has 0 spiro atoms. The summed E-state index contributed by atoms with van der Waals surface area (Å²) in [5.41, 5.74) is -0.436. The third-order valence-electron chi connectivity index (χ3n) is 3.53. The highest BCUT2D eigenvalue weighted by molar-refractivity contribution is 6.45. The summed E-state index contributed by atoms with van der Waals surface area (Å²) in [6.45, 7) is 8.29. The summed E-state index contributed by atoms with van der Waals surface area (Å²) >= 11 is 0. The summed E-state index contributed by atoms with van der Waals surface area (Å²) in [5, 5.41) is 8.41. The average molecular weight is 223 g/mol. The molecular weight excluding hydrogens is 201 g/mol. The lowest BCUT2D eigenvalue weighted by molar-refractivity contribution is 0.00578. The fourth-order valence-electron chi connectivity index (χ4n) is 1.77. The van der Waals surface area contributed by atoms with Crippen molar-refractivity contribution in [3.05, 3.63) is 0 Å². The summed E-state index contributed by atoms with van der Waals surface area (Å²) in [6, 6.07) is 2.16. The summed E-state index contributed by atoms with van der Waals surface area (Å²) in [6.07, 6.45) is 4.72. The van der Waals surface area contributed by atoms with Crippen molar-refractivity contribution < 1.29 is 9.31 Å². The third-order valence-corrected chi connectivity index (χ3v) is 3.53. The predicted molar refractivity (Wildman–Crippen MR) is 65.0 cm³/mol. The highest BCUT2D eigenvalue weighted by atomic mass is 16.7. The van der Waals surface area contributed by atoms with Crippen LogP contribution in [0, 0.1) is 11.3 Å². The maximum atomic E-state index is 8.41. The first kappa shape index (κ1) is 13.5. The van der Waals surface area contributed by atoms with Crippen LogP contribution in [0.25, 0.3) is 0 Å². The minimum absolute atomic E-state index is 0.0768. The molecule has 90 valence electrons. The maximum Gasteiger partial charge on any atom is 0.457 e. The second-order valence-corrected chi connectivity index (χ2v) is 5.44. The van der Waals surface area contributed by atoms with Crippen molar-refractivity contribution in [1.82, 2.24) is 0 Å². The van der Waals surface area contributed by atoms with Crippen molar-refractivity contribution in [3.8, 4) is 6.07 Å². The van der Waals surface area contributed by atoms with Gasteiger partial charge in [-0.15, -0.1) is 0 Å². The molecule has 0 bridgehead atoms. The quantitative estimate of drug-likeness (QED) is 0.531. The zero-order valence-corrected chi connectivity index (χ0v) is 10.9. The monoisotopic (exact) mass is 223 g/mol. The van der Waals surface area contributed by atoms with Gasteiger partial charge in [0, 0.05) is 6.42 Å². The van der Waals surface area contributed by atoms with Crippen LogP contribution in [0.1, 0.15) is 53.4 Å². The first-order valence-corrected chi connectivity index (χ1v) is 6.12. The summed E-state index contributed by atoms with van der Waals surface area (Å²) in [7, 11) is -0.0768. The third kappa shape index (κ3) is 3.23. The molecule has 0 atom stereocenters. The molecule has 1 aliphatic rings. The van der Waals surface area contributed by atoms with Crippen molar-refractivity contribution in [2.45, 2.75) is 70.9 Å². The Balaban J connectivity index is 2.24. The van der Waals surface area contributed by atoms with Crippen molar-refractivity contribution in [2.24, 2.45) is 0 Å². The number of nitrogens with zero attached hydrogens (tertiary/aromatic N) is 1. The number of nitriles is 1. The Hall–Kier alpha value is -0.525. The van der Waals surface area contributed by atoms with E-state index in [-0.39, 0.29) is 18.3 Å². The Kier molecular flexibility index (Phi) is 4.40. The Labute approximate surface area is 99.3 Å². The maximum absolute atomic E-state index is 8.41. The first-order valence-electron chi connectivity index (χ1n) is 6.12. The summed E-state index contributed by atoms with van der Waals surface area (Å²) < 4.78 is 11.8. The number of hydrogen-bond donors (Lipinski definition) is 0. The van der Waals surface area contributed by atoms with Crippen LogP contribution in [0.5, 0.6) is 0 Å². The van der Waals surface area contributed by atoms with Crippen LogP contribution in [-0.4, -0.2) is 18.3 Å². The highest BCUT2D eigenvalue weighted by Gasteiger charge is 2.50. The molecule has 0 aromatic heterocycles. The molecule has 0 N–H and O–H groups in total. The number of unbranched alkanes of at least 4 members (excludes halogenated alkanes) is 3. The van der Waals surface area contributed by atoms with Gasteiger partial charge < -0.3 is 9.31 Å². The standard InChI is InChI=1S/C12H22BNO2/c1-11(2)12(3,4)16-13(15-11)9-7-5-6-8-10-14/h5-9H2,1-4H3. The molecule has 0 amide bonds. The largest absolute Gasteiger partial charge is 0.457 e. The molecule has 1 fully saturated rings. The van der Waals surface area contributed by atoms with Crippen molar-refractivity contribution >= 4 is 7.12 Å². The van der Waals surface area contributed by atoms with Crippen LogP contribution in [0.4, 0.5) is 0 Å². The van der Waals surface area contributed by atoms with Gasteiger partial charge in [-0.1, -0.05) is 12.8 Å². The van der Waals surface area contributed by atoms with Gasteiger partial charge in [-0.25, -0.2) is 0 Å². The zero-order chi connectivity index (χ0) is 12.2. The molecule has 0 saturated carbocycles. The summed E-state index contributed by atoms with van der Waals surface area (Å²) in [5.74, 6) is 0. The van der Waals surface area contributed by atoms with Crippen LogP contribution in [-0.2, 0) is 9.31 Å². The van der Waals surface area contributed by atoms with E-state index in [1.807, 2.05) is 0 Å². The van der Waals surface area contributed by atoms with E-state index in [2.05, 4.69) is 33.8 Å². The molecule has 0 aromatic rings. The minimum atomic E-state index is -0.218. The molecule has 1 heterocycles. The van der Waals surface area contributed by atoms with Crippen molar-refractivity contribution in [2.75, 3.05) is 0 Å². The van der Waals surface area contributed by atoms with E-state index in [9.17, 15) is 0 Å². The van der Waals surface area contributed by atoms with Crippen LogP contribution in [0.15, 0.2) is 0 Å². The Morgan fingerprint density at radius 3 is 2.06 bits per heavy atom. The molecule has 4 heteroatoms. The molecule has 0 aromatic carbocycles. The second-order valence-electron chi connectivity index (χ2n) is 5.44.